The molecule has 0 bridgehead atoms. The third-order valence-corrected chi connectivity index (χ3v) is 4.44. The van der Waals surface area contributed by atoms with Crippen molar-refractivity contribution in [3.63, 3.8) is 0 Å². The molecule has 2 amide bonds. The van der Waals surface area contributed by atoms with Crippen molar-refractivity contribution in [1.29, 1.82) is 0 Å². The fourth-order valence-corrected chi connectivity index (χ4v) is 2.70. The molecule has 0 aliphatic heterocycles. The maximum Gasteiger partial charge on any atom is 0.222 e. The average Bonchev–Trinajstić information content (AvgIpc) is 2.56. The number of amides is 2. The second-order valence-electron chi connectivity index (χ2n) is 8.86. The van der Waals surface area contributed by atoms with Gasteiger partial charge in [0.25, 0.3) is 0 Å². The van der Waals surface area contributed by atoms with Gasteiger partial charge in [0.2, 0.25) is 12.3 Å². The Hall–Kier alpha value is -1.18. The van der Waals surface area contributed by atoms with E-state index in [0.717, 1.165) is 12.8 Å². The Morgan fingerprint density at radius 3 is 2.11 bits per heavy atom. The van der Waals surface area contributed by atoms with Crippen LogP contribution in [0.1, 0.15) is 74.1 Å². The van der Waals surface area contributed by atoms with E-state index in [1.54, 1.807) is 0 Å². The molecule has 0 radical (unpaired) electrons. The summed E-state index contributed by atoms with van der Waals surface area (Å²) in [4.78, 5) is 22.3. The standard InChI is InChI=1S/C21H42N2O5/c1-8-26-19(2,3)11-9-13-23-18(25)10-14-27-20(4,5)12-15-28-21(6,7)16-22-17-24/h17H,8-16H2,1-7H3,(H,22,24)(H,23,25). The SMILES string of the molecule is CCOC(C)(C)CCCNC(=O)CCOC(C)(C)CCOC(C)(C)CNC=O. The maximum absolute atomic E-state index is 11.9. The molecule has 0 aliphatic rings. The first kappa shape index (κ1) is 26.8. The molecule has 0 saturated carbocycles. The molecule has 0 saturated heterocycles. The van der Waals surface area contributed by atoms with Crippen LogP contribution in [-0.4, -0.2) is 62.0 Å². The third kappa shape index (κ3) is 14.8. The molecule has 0 spiro atoms. The van der Waals surface area contributed by atoms with Crippen molar-refractivity contribution in [2.45, 2.75) is 91.0 Å². The van der Waals surface area contributed by atoms with Crippen molar-refractivity contribution >= 4 is 12.3 Å². The number of carbonyl (C=O) groups is 2. The van der Waals surface area contributed by atoms with E-state index in [0.29, 0.717) is 52.2 Å². The van der Waals surface area contributed by atoms with Gasteiger partial charge in [-0.15, -0.1) is 0 Å². The average molecular weight is 403 g/mol. The van der Waals surface area contributed by atoms with Crippen molar-refractivity contribution in [2.75, 3.05) is 32.9 Å². The minimum atomic E-state index is -0.423. The minimum Gasteiger partial charge on any atom is -0.376 e. The predicted molar refractivity (Wildman–Crippen MR) is 111 cm³/mol. The lowest BCUT2D eigenvalue weighted by atomic mass is 10.0. The first-order chi connectivity index (χ1) is 12.9. The van der Waals surface area contributed by atoms with Crippen LogP contribution in [-0.2, 0) is 23.8 Å². The number of rotatable bonds is 17. The zero-order chi connectivity index (χ0) is 21.7. The highest BCUT2D eigenvalue weighted by atomic mass is 16.5. The van der Waals surface area contributed by atoms with Crippen LogP contribution in [0.15, 0.2) is 0 Å². The second kappa shape index (κ2) is 13.1. The Balaban J connectivity index is 3.91. The van der Waals surface area contributed by atoms with Crippen molar-refractivity contribution in [2.24, 2.45) is 0 Å². The van der Waals surface area contributed by atoms with Gasteiger partial charge in [0.05, 0.1) is 30.0 Å². The van der Waals surface area contributed by atoms with Gasteiger partial charge in [0.1, 0.15) is 0 Å². The van der Waals surface area contributed by atoms with Crippen LogP contribution in [0.25, 0.3) is 0 Å². The van der Waals surface area contributed by atoms with E-state index in [9.17, 15) is 9.59 Å². The van der Waals surface area contributed by atoms with Crippen LogP contribution in [0, 0.1) is 0 Å². The summed E-state index contributed by atoms with van der Waals surface area (Å²) in [5, 5.41) is 5.56. The van der Waals surface area contributed by atoms with Crippen LogP contribution in [0.5, 0.6) is 0 Å². The Morgan fingerprint density at radius 2 is 1.50 bits per heavy atom. The molecule has 0 atom stereocenters. The molecule has 28 heavy (non-hydrogen) atoms. The van der Waals surface area contributed by atoms with E-state index >= 15 is 0 Å². The minimum absolute atomic E-state index is 0.00216. The Morgan fingerprint density at radius 1 is 0.893 bits per heavy atom. The summed E-state index contributed by atoms with van der Waals surface area (Å²) in [5.41, 5.74) is -0.948. The normalized spacial score (nSPS) is 12.7. The van der Waals surface area contributed by atoms with Crippen molar-refractivity contribution in [1.82, 2.24) is 10.6 Å². The molecule has 0 aliphatic carbocycles. The molecule has 0 fully saturated rings. The zero-order valence-corrected chi connectivity index (χ0v) is 19.0. The third-order valence-electron chi connectivity index (χ3n) is 4.44. The van der Waals surface area contributed by atoms with Gasteiger partial charge in [-0.1, -0.05) is 0 Å². The molecule has 0 heterocycles. The molecule has 0 aromatic rings. The highest BCUT2D eigenvalue weighted by Crippen LogP contribution is 2.18. The molecular formula is C21H42N2O5. The van der Waals surface area contributed by atoms with Crippen LogP contribution < -0.4 is 10.6 Å². The monoisotopic (exact) mass is 402 g/mol. The van der Waals surface area contributed by atoms with Crippen LogP contribution in [0.4, 0.5) is 0 Å². The molecule has 0 aromatic heterocycles. The molecule has 0 rings (SSSR count). The summed E-state index contributed by atoms with van der Waals surface area (Å²) >= 11 is 0. The van der Waals surface area contributed by atoms with Crippen molar-refractivity contribution in [3.05, 3.63) is 0 Å². The highest BCUT2D eigenvalue weighted by molar-refractivity contribution is 5.75. The van der Waals surface area contributed by atoms with E-state index in [2.05, 4.69) is 24.5 Å². The summed E-state index contributed by atoms with van der Waals surface area (Å²) in [6.07, 6.45) is 3.50. The summed E-state index contributed by atoms with van der Waals surface area (Å²) < 4.78 is 17.3. The fourth-order valence-electron chi connectivity index (χ4n) is 2.70. The fraction of sp³-hybridized carbons (Fsp3) is 0.905. The lowest BCUT2D eigenvalue weighted by molar-refractivity contribution is -0.124. The first-order valence-electron chi connectivity index (χ1n) is 10.3. The Labute approximate surface area is 171 Å². The second-order valence-corrected chi connectivity index (χ2v) is 8.86. The lowest BCUT2D eigenvalue weighted by Crippen LogP contribution is -2.38. The van der Waals surface area contributed by atoms with Gasteiger partial charge in [-0.2, -0.15) is 0 Å². The summed E-state index contributed by atoms with van der Waals surface area (Å²) in [6.45, 7) is 16.7. The van der Waals surface area contributed by atoms with Crippen LogP contribution in [0.3, 0.4) is 0 Å². The van der Waals surface area contributed by atoms with Gasteiger partial charge in [-0.05, 0) is 67.7 Å². The van der Waals surface area contributed by atoms with Crippen LogP contribution >= 0.6 is 0 Å². The number of carbonyl (C=O) groups excluding carboxylic acids is 2. The van der Waals surface area contributed by atoms with Crippen molar-refractivity contribution < 1.29 is 23.8 Å². The quantitative estimate of drug-likeness (QED) is 0.289. The Bertz CT molecular complexity index is 450. The Kier molecular flexibility index (Phi) is 12.6. The largest absolute Gasteiger partial charge is 0.376 e. The number of ether oxygens (including phenoxy) is 3. The molecular weight excluding hydrogens is 360 g/mol. The van der Waals surface area contributed by atoms with Gasteiger partial charge in [0, 0.05) is 26.1 Å². The van der Waals surface area contributed by atoms with Gasteiger partial charge in [-0.25, -0.2) is 0 Å². The molecule has 2 N–H and O–H groups in total. The van der Waals surface area contributed by atoms with E-state index in [1.807, 2.05) is 34.6 Å². The van der Waals surface area contributed by atoms with Gasteiger partial charge in [0.15, 0.2) is 0 Å². The number of hydrogen-bond acceptors (Lipinski definition) is 5. The maximum atomic E-state index is 11.9. The van der Waals surface area contributed by atoms with Crippen LogP contribution in [0.2, 0.25) is 0 Å². The molecule has 166 valence electrons. The van der Waals surface area contributed by atoms with Gasteiger partial charge >= 0.3 is 0 Å². The van der Waals surface area contributed by atoms with Gasteiger partial charge < -0.3 is 24.8 Å². The lowest BCUT2D eigenvalue weighted by Gasteiger charge is -2.29. The summed E-state index contributed by atoms with van der Waals surface area (Å²) in [7, 11) is 0. The smallest absolute Gasteiger partial charge is 0.222 e. The first-order valence-corrected chi connectivity index (χ1v) is 10.3. The zero-order valence-electron chi connectivity index (χ0n) is 19.0. The topological polar surface area (TPSA) is 85.9 Å². The van der Waals surface area contributed by atoms with E-state index in [-0.39, 0.29) is 17.1 Å². The van der Waals surface area contributed by atoms with E-state index < -0.39 is 5.60 Å². The molecule has 0 unspecified atom stereocenters. The highest BCUT2D eigenvalue weighted by Gasteiger charge is 2.23. The predicted octanol–water partition coefficient (Wildman–Crippen LogP) is 2.81. The van der Waals surface area contributed by atoms with E-state index in [4.69, 9.17) is 14.2 Å². The molecule has 7 nitrogen and oxygen atoms in total. The van der Waals surface area contributed by atoms with Crippen molar-refractivity contribution in [3.8, 4) is 0 Å². The van der Waals surface area contributed by atoms with E-state index in [1.165, 1.54) is 0 Å². The summed E-state index contributed by atoms with van der Waals surface area (Å²) in [5.74, 6) is 0.00216. The number of nitrogens with one attached hydrogen (secondary N) is 2. The number of hydrogen-bond donors (Lipinski definition) is 2. The van der Waals surface area contributed by atoms with Gasteiger partial charge in [-0.3, -0.25) is 9.59 Å². The molecule has 7 heteroatoms. The summed E-state index contributed by atoms with van der Waals surface area (Å²) in [6, 6.07) is 0. The molecule has 0 aromatic carbocycles.